The molecule has 6 heteroatoms. The zero-order valence-corrected chi connectivity index (χ0v) is 14.5. The van der Waals surface area contributed by atoms with Crippen molar-refractivity contribution in [2.45, 2.75) is 65.6 Å². The third-order valence-corrected chi connectivity index (χ3v) is 3.99. The van der Waals surface area contributed by atoms with Crippen molar-refractivity contribution in [3.05, 3.63) is 16.1 Å². The summed E-state index contributed by atoms with van der Waals surface area (Å²) in [7, 11) is 0. The summed E-state index contributed by atoms with van der Waals surface area (Å²) in [5.41, 5.74) is -0.460. The van der Waals surface area contributed by atoms with Gasteiger partial charge in [0, 0.05) is 30.2 Å². The summed E-state index contributed by atoms with van der Waals surface area (Å²) in [6, 6.07) is 0.227. The van der Waals surface area contributed by atoms with E-state index in [4.69, 9.17) is 4.74 Å². The molecule has 0 aliphatic rings. The highest BCUT2D eigenvalue weighted by Crippen LogP contribution is 2.13. The lowest BCUT2D eigenvalue weighted by atomic mass is 10.2. The lowest BCUT2D eigenvalue weighted by Gasteiger charge is -2.22. The van der Waals surface area contributed by atoms with Crippen LogP contribution in [0.3, 0.4) is 0 Å². The Balaban J connectivity index is 2.33. The third-order valence-electron chi connectivity index (χ3n) is 2.85. The van der Waals surface area contributed by atoms with Gasteiger partial charge < -0.3 is 15.4 Å². The van der Waals surface area contributed by atoms with Crippen molar-refractivity contribution in [2.24, 2.45) is 0 Å². The first-order valence-electron chi connectivity index (χ1n) is 7.47. The Morgan fingerprint density at radius 2 is 2.14 bits per heavy atom. The lowest BCUT2D eigenvalue weighted by molar-refractivity contribution is 0.0522. The number of ether oxygens (including phenoxy) is 1. The number of aromatic nitrogens is 1. The first-order valence-corrected chi connectivity index (χ1v) is 8.29. The van der Waals surface area contributed by atoms with Gasteiger partial charge in [0.15, 0.2) is 0 Å². The molecular formula is C15H27N3O2S. The van der Waals surface area contributed by atoms with Gasteiger partial charge in [-0.2, -0.15) is 0 Å². The van der Waals surface area contributed by atoms with E-state index in [1.54, 1.807) is 11.3 Å². The lowest BCUT2D eigenvalue weighted by Crippen LogP contribution is -2.42. The zero-order valence-electron chi connectivity index (χ0n) is 13.7. The SMILES string of the molecule is CCc1ncc(CNC(CC)CNC(=O)OC(C)(C)C)s1. The van der Waals surface area contributed by atoms with Crippen LogP contribution < -0.4 is 10.6 Å². The van der Waals surface area contributed by atoms with Crippen molar-refractivity contribution >= 4 is 17.4 Å². The van der Waals surface area contributed by atoms with Crippen molar-refractivity contribution in [2.75, 3.05) is 6.54 Å². The average Bonchev–Trinajstić information content (AvgIpc) is 2.85. The number of alkyl carbamates (subject to hydrolysis) is 1. The second-order valence-electron chi connectivity index (χ2n) is 5.94. The fraction of sp³-hybridized carbons (Fsp3) is 0.733. The Morgan fingerprint density at radius 1 is 1.43 bits per heavy atom. The maximum Gasteiger partial charge on any atom is 0.407 e. The average molecular weight is 313 g/mol. The van der Waals surface area contributed by atoms with Crippen LogP contribution in [0.1, 0.15) is 50.9 Å². The molecule has 0 saturated heterocycles. The Labute approximate surface area is 131 Å². The molecule has 1 amide bonds. The van der Waals surface area contributed by atoms with E-state index in [1.165, 1.54) is 4.88 Å². The molecule has 1 aromatic heterocycles. The van der Waals surface area contributed by atoms with Gasteiger partial charge in [0.1, 0.15) is 5.60 Å². The molecule has 1 rings (SSSR count). The third kappa shape index (κ3) is 7.43. The molecule has 120 valence electrons. The fourth-order valence-corrected chi connectivity index (χ4v) is 2.53. The molecular weight excluding hydrogens is 286 g/mol. The van der Waals surface area contributed by atoms with Gasteiger partial charge in [-0.05, 0) is 33.6 Å². The van der Waals surface area contributed by atoms with Crippen LogP contribution in [0.5, 0.6) is 0 Å². The molecule has 1 heterocycles. The van der Waals surface area contributed by atoms with Crippen LogP contribution in [0.15, 0.2) is 6.20 Å². The van der Waals surface area contributed by atoms with Gasteiger partial charge in [0.2, 0.25) is 0 Å². The van der Waals surface area contributed by atoms with Gasteiger partial charge >= 0.3 is 6.09 Å². The number of nitrogens with one attached hydrogen (secondary N) is 2. The van der Waals surface area contributed by atoms with E-state index in [0.717, 1.165) is 24.4 Å². The normalized spacial score (nSPS) is 13.0. The summed E-state index contributed by atoms with van der Waals surface area (Å²) in [5, 5.41) is 7.41. The number of aryl methyl sites for hydroxylation is 1. The van der Waals surface area contributed by atoms with E-state index in [1.807, 2.05) is 27.0 Å². The minimum atomic E-state index is -0.460. The number of thiazole rings is 1. The summed E-state index contributed by atoms with van der Waals surface area (Å²) in [6.07, 6.45) is 3.47. The van der Waals surface area contributed by atoms with Crippen molar-refractivity contribution in [3.8, 4) is 0 Å². The Hall–Kier alpha value is -1.14. The number of hydrogen-bond donors (Lipinski definition) is 2. The number of amides is 1. The van der Waals surface area contributed by atoms with Gasteiger partial charge in [0.25, 0.3) is 0 Å². The minimum Gasteiger partial charge on any atom is -0.444 e. The highest BCUT2D eigenvalue weighted by atomic mass is 32.1. The topological polar surface area (TPSA) is 63.2 Å². The van der Waals surface area contributed by atoms with E-state index < -0.39 is 5.60 Å². The highest BCUT2D eigenvalue weighted by Gasteiger charge is 2.17. The van der Waals surface area contributed by atoms with Gasteiger partial charge in [-0.25, -0.2) is 9.78 Å². The number of carbonyl (C=O) groups is 1. The predicted molar refractivity (Wildman–Crippen MR) is 86.6 cm³/mol. The summed E-state index contributed by atoms with van der Waals surface area (Å²) < 4.78 is 5.23. The summed E-state index contributed by atoms with van der Waals surface area (Å²) >= 11 is 1.73. The summed E-state index contributed by atoms with van der Waals surface area (Å²) in [5.74, 6) is 0. The smallest absolute Gasteiger partial charge is 0.407 e. The molecule has 1 unspecified atom stereocenters. The Bertz CT molecular complexity index is 440. The predicted octanol–water partition coefficient (Wildman–Crippen LogP) is 3.10. The molecule has 0 aliphatic carbocycles. The Morgan fingerprint density at radius 3 is 2.67 bits per heavy atom. The van der Waals surface area contributed by atoms with E-state index >= 15 is 0 Å². The van der Waals surface area contributed by atoms with E-state index in [-0.39, 0.29) is 12.1 Å². The number of hydrogen-bond acceptors (Lipinski definition) is 5. The maximum atomic E-state index is 11.6. The monoisotopic (exact) mass is 313 g/mol. The van der Waals surface area contributed by atoms with Gasteiger partial charge in [-0.1, -0.05) is 13.8 Å². The van der Waals surface area contributed by atoms with E-state index in [9.17, 15) is 4.79 Å². The molecule has 0 aromatic carbocycles. The van der Waals surface area contributed by atoms with Crippen molar-refractivity contribution in [1.82, 2.24) is 15.6 Å². The van der Waals surface area contributed by atoms with Crippen molar-refractivity contribution in [1.29, 1.82) is 0 Å². The van der Waals surface area contributed by atoms with Crippen LogP contribution in [0, 0.1) is 0 Å². The zero-order chi connectivity index (χ0) is 15.9. The van der Waals surface area contributed by atoms with Crippen molar-refractivity contribution < 1.29 is 9.53 Å². The fourth-order valence-electron chi connectivity index (χ4n) is 1.72. The van der Waals surface area contributed by atoms with Crippen LogP contribution in [-0.2, 0) is 17.7 Å². The van der Waals surface area contributed by atoms with Crippen LogP contribution >= 0.6 is 11.3 Å². The second kappa shape index (κ2) is 8.34. The number of nitrogens with zero attached hydrogens (tertiary/aromatic N) is 1. The summed E-state index contributed by atoms with van der Waals surface area (Å²) in [6.45, 7) is 11.1. The molecule has 0 fully saturated rings. The molecule has 1 aromatic rings. The molecule has 0 spiro atoms. The number of rotatable bonds is 7. The molecule has 1 atom stereocenters. The highest BCUT2D eigenvalue weighted by molar-refractivity contribution is 7.11. The molecule has 5 nitrogen and oxygen atoms in total. The summed E-state index contributed by atoms with van der Waals surface area (Å²) in [4.78, 5) is 17.2. The molecule has 0 bridgehead atoms. The van der Waals surface area contributed by atoms with Gasteiger partial charge in [-0.3, -0.25) is 0 Å². The second-order valence-corrected chi connectivity index (χ2v) is 7.14. The molecule has 2 N–H and O–H groups in total. The maximum absolute atomic E-state index is 11.6. The van der Waals surface area contributed by atoms with Crippen LogP contribution in [-0.4, -0.2) is 29.3 Å². The van der Waals surface area contributed by atoms with Crippen molar-refractivity contribution in [3.63, 3.8) is 0 Å². The molecule has 0 aliphatic heterocycles. The molecule has 21 heavy (non-hydrogen) atoms. The standard InChI is InChI=1S/C15H27N3O2S/c1-6-11(8-18-14(19)20-15(3,4)5)16-9-12-10-17-13(7-2)21-12/h10-11,16H,6-9H2,1-5H3,(H,18,19). The largest absolute Gasteiger partial charge is 0.444 e. The Kier molecular flexibility index (Phi) is 7.11. The number of carbonyl (C=O) groups excluding carboxylic acids is 1. The van der Waals surface area contributed by atoms with Gasteiger partial charge in [0.05, 0.1) is 5.01 Å². The van der Waals surface area contributed by atoms with Crippen LogP contribution in [0.4, 0.5) is 4.79 Å². The van der Waals surface area contributed by atoms with E-state index in [0.29, 0.717) is 6.54 Å². The first kappa shape index (κ1) is 17.9. The quantitative estimate of drug-likeness (QED) is 0.812. The van der Waals surface area contributed by atoms with Gasteiger partial charge in [-0.15, -0.1) is 11.3 Å². The minimum absolute atomic E-state index is 0.227. The molecule has 0 saturated carbocycles. The molecule has 0 radical (unpaired) electrons. The van der Waals surface area contributed by atoms with E-state index in [2.05, 4.69) is 29.5 Å². The van der Waals surface area contributed by atoms with Crippen LogP contribution in [0.25, 0.3) is 0 Å². The van der Waals surface area contributed by atoms with Crippen LogP contribution in [0.2, 0.25) is 0 Å². The first-order chi connectivity index (χ1) is 9.84.